The fourth-order valence-electron chi connectivity index (χ4n) is 10.2. The summed E-state index contributed by atoms with van der Waals surface area (Å²) in [6, 6.07) is 24.1. The van der Waals surface area contributed by atoms with Crippen LogP contribution < -0.4 is 31.3 Å². The molecular weight excluding hydrogens is 1460 g/mol. The number of benzene rings is 3. The average molecular weight is 1600 g/mol. The molecule has 4 amide bonds. The lowest BCUT2D eigenvalue weighted by Gasteiger charge is -2.20. The molecule has 0 radical (unpaired) electrons. The molecule has 0 aliphatic heterocycles. The maximum atomic E-state index is 11.7. The van der Waals surface area contributed by atoms with Gasteiger partial charge in [-0.05, 0) is 124 Å². The van der Waals surface area contributed by atoms with Crippen molar-refractivity contribution in [1.82, 2.24) is 60.9 Å². The molecule has 3 rings (SSSR count). The van der Waals surface area contributed by atoms with Crippen LogP contribution in [0.1, 0.15) is 66.8 Å². The van der Waals surface area contributed by atoms with Gasteiger partial charge in [-0.3, -0.25) is 53.5 Å². The number of nitrogens with one attached hydrogen (secondary N) is 5. The summed E-state index contributed by atoms with van der Waals surface area (Å²) in [6.45, 7) is 37.9. The normalized spacial score (nSPS) is 10.8. The van der Waals surface area contributed by atoms with Crippen molar-refractivity contribution in [2.75, 3.05) is 263 Å². The van der Waals surface area contributed by atoms with Crippen molar-refractivity contribution < 1.29 is 95.4 Å². The second kappa shape index (κ2) is 81.5. The molecule has 0 heterocycles. The van der Waals surface area contributed by atoms with E-state index in [-0.39, 0.29) is 116 Å². The monoisotopic (exact) mass is 1600 g/mol. The Labute approximate surface area is 673 Å². The molecule has 0 bridgehead atoms. The van der Waals surface area contributed by atoms with Gasteiger partial charge in [0.2, 0.25) is 23.6 Å². The van der Waals surface area contributed by atoms with Crippen LogP contribution >= 0.6 is 0 Å². The molecule has 0 atom stereocenters. The van der Waals surface area contributed by atoms with Gasteiger partial charge in [-0.25, -0.2) is 0 Å². The summed E-state index contributed by atoms with van der Waals surface area (Å²) < 4.78 is 5.59. The Morgan fingerprint density at radius 1 is 0.336 bits per heavy atom. The first-order chi connectivity index (χ1) is 54.8. The van der Waals surface area contributed by atoms with Crippen molar-refractivity contribution >= 4 is 41.9 Å². The Hall–Kier alpha value is -7.10. The molecule has 3 aromatic carbocycles. The van der Waals surface area contributed by atoms with E-state index in [0.29, 0.717) is 162 Å². The van der Waals surface area contributed by atoms with Crippen LogP contribution in [0.4, 0.5) is 0 Å². The van der Waals surface area contributed by atoms with E-state index >= 15 is 0 Å². The minimum atomic E-state index is -0.358. The Morgan fingerprint density at radius 2 is 0.602 bits per heavy atom. The van der Waals surface area contributed by atoms with Gasteiger partial charge in [0.25, 0.3) is 0 Å². The third-order valence-electron chi connectivity index (χ3n) is 16.4. The van der Waals surface area contributed by atoms with Gasteiger partial charge >= 0.3 is 0 Å². The summed E-state index contributed by atoms with van der Waals surface area (Å²) in [5, 5.41) is 138. The van der Waals surface area contributed by atoms with Gasteiger partial charge in [0, 0.05) is 155 Å². The number of hydrogen-bond acceptors (Lipinski definition) is 27. The molecule has 0 aliphatic carbocycles. The molecule has 0 saturated heterocycles. The average Bonchev–Trinajstić information content (AvgIpc) is 0.927. The summed E-state index contributed by atoms with van der Waals surface area (Å²) in [4.78, 5) is 59.0. The summed E-state index contributed by atoms with van der Waals surface area (Å²) in [5.74, 6) is -0.207. The molecule has 646 valence electrons. The van der Waals surface area contributed by atoms with Gasteiger partial charge in [-0.1, -0.05) is 112 Å². The number of nitrogens with zero attached hydrogens (tertiary/aromatic N) is 7. The van der Waals surface area contributed by atoms with Crippen LogP contribution in [-0.4, -0.2) is 392 Å². The quantitative estimate of drug-likeness (QED) is 0.0230. The molecule has 3 aromatic rings. The SMILES string of the molecule is C=C(C)C(=O)NCCCN(CCO)CCO.C=CC(=O)NCCCN(CCO)CCO.C=Cc1ccc(CN(CCO)CCO)cc1.C=Cc1ccc(CNCCCN(CCO)CCO)cc1.C=Cc1ccc(OCCN(CCO)CCO)cc1.O=C(/C=C\C(=O)NCCCN(CCO)CCO)NCCCN(CCO)CCO. The Kier molecular flexibility index (Phi) is 79.3. The van der Waals surface area contributed by atoms with E-state index in [2.05, 4.69) is 88.6 Å². The molecule has 0 spiro atoms. The predicted octanol–water partition coefficient (Wildman–Crippen LogP) is -1.34. The van der Waals surface area contributed by atoms with Gasteiger partial charge in [0.1, 0.15) is 12.4 Å². The lowest BCUT2D eigenvalue weighted by molar-refractivity contribution is -0.118. The maximum absolute atomic E-state index is 11.7. The minimum absolute atomic E-state index is 0.0190. The van der Waals surface area contributed by atoms with E-state index in [4.69, 9.17) is 76.2 Å². The highest BCUT2D eigenvalue weighted by Crippen LogP contribution is 2.13. The number of carbonyl (C=O) groups is 4. The molecule has 0 unspecified atom stereocenters. The van der Waals surface area contributed by atoms with Gasteiger partial charge in [-0.2, -0.15) is 0 Å². The van der Waals surface area contributed by atoms with E-state index in [0.717, 1.165) is 81.0 Å². The van der Waals surface area contributed by atoms with Crippen LogP contribution in [0.25, 0.3) is 18.2 Å². The fraction of sp³-hybridized carbons (Fsp3) is 0.585. The highest BCUT2D eigenvalue weighted by atomic mass is 16.5. The number of hydrogen-bond donors (Lipinski definition) is 19. The van der Waals surface area contributed by atoms with Gasteiger partial charge in [0.05, 0.1) is 92.5 Å². The first-order valence-corrected chi connectivity index (χ1v) is 39.0. The topological polar surface area (TPSA) is 444 Å². The minimum Gasteiger partial charge on any atom is -0.492 e. The number of aliphatic hydroxyl groups excluding tert-OH is 14. The second-order valence-corrected chi connectivity index (χ2v) is 25.4. The van der Waals surface area contributed by atoms with Crippen molar-refractivity contribution in [1.29, 1.82) is 0 Å². The van der Waals surface area contributed by atoms with Crippen molar-refractivity contribution in [3.05, 3.63) is 157 Å². The zero-order valence-electron chi connectivity index (χ0n) is 67.6. The zero-order chi connectivity index (χ0) is 84.6. The molecule has 31 nitrogen and oxygen atoms in total. The van der Waals surface area contributed by atoms with Crippen LogP contribution in [0.3, 0.4) is 0 Å². The van der Waals surface area contributed by atoms with Crippen molar-refractivity contribution in [2.45, 2.75) is 52.1 Å². The number of ether oxygens (including phenoxy) is 1. The lowest BCUT2D eigenvalue weighted by Crippen LogP contribution is -2.33. The summed E-state index contributed by atoms with van der Waals surface area (Å²) in [7, 11) is 0. The summed E-state index contributed by atoms with van der Waals surface area (Å²) in [6.07, 6.45) is 13.0. The molecular formula is C82H144N12O19. The number of amides is 4. The van der Waals surface area contributed by atoms with Crippen molar-refractivity contribution in [2.24, 2.45) is 0 Å². The third kappa shape index (κ3) is 67.9. The summed E-state index contributed by atoms with van der Waals surface area (Å²) in [5.41, 5.74) is 6.23. The van der Waals surface area contributed by atoms with Gasteiger partial charge in [-0.15, -0.1) is 0 Å². The highest BCUT2D eigenvalue weighted by Gasteiger charge is 2.11. The van der Waals surface area contributed by atoms with Gasteiger partial charge in [0.15, 0.2) is 0 Å². The highest BCUT2D eigenvalue weighted by molar-refractivity contribution is 5.96. The largest absolute Gasteiger partial charge is 0.492 e. The standard InChI is InChI=1S/C18H36N4O6.C16H26N2O2.C14H21NO3.C13H19NO2.C11H22N2O3.C10H20N2O3/c23-13-9-21(10-14-24)7-1-5-19-17(27)3-4-18(28)20-6-2-8-22(11-15-25)12-16-26;1-2-15-4-6-16(7-5-15)14-17-8-3-9-18(10-12-19)11-13-20;1-2-13-3-5-14(6-4-13)18-12-9-15(7-10-16)8-11-17;1-2-12-3-5-13(6-4-12)11-14(7-9-15)8-10-16;1-10(2)11(16)12-4-3-5-13(6-8-14)7-9-15;1-2-10(15)11-4-3-5-12(6-8-13)7-9-14/h3-4,23-26H,1-2,5-16H2,(H,19,27)(H,20,28);2,4-7,17,19-20H,1,3,8-14H2;2-6,16-17H,1,7-12H2;2-6,15-16H,1,7-11H2;14-15H,1,3-9H2,2H3,(H,12,16);2,13-14H,1,3-9H2,(H,11,15)/b4-3-;;;;;. The fourth-order valence-corrected chi connectivity index (χ4v) is 10.2. The molecule has 0 aliphatic rings. The van der Waals surface area contributed by atoms with Crippen LogP contribution in [0.2, 0.25) is 0 Å². The van der Waals surface area contributed by atoms with E-state index in [1.54, 1.807) is 13.0 Å². The zero-order valence-corrected chi connectivity index (χ0v) is 67.6. The Bertz CT molecular complexity index is 2720. The van der Waals surface area contributed by atoms with Crippen LogP contribution in [0, 0.1) is 0 Å². The first-order valence-electron chi connectivity index (χ1n) is 39.0. The van der Waals surface area contributed by atoms with Crippen LogP contribution in [0.5, 0.6) is 5.75 Å². The molecule has 0 aromatic heterocycles. The van der Waals surface area contributed by atoms with E-state index in [1.807, 2.05) is 90.1 Å². The lowest BCUT2D eigenvalue weighted by atomic mass is 10.1. The number of aliphatic hydroxyl groups is 14. The van der Waals surface area contributed by atoms with E-state index in [1.165, 1.54) is 29.4 Å². The van der Waals surface area contributed by atoms with E-state index < -0.39 is 0 Å². The Morgan fingerprint density at radius 3 is 0.894 bits per heavy atom. The van der Waals surface area contributed by atoms with E-state index in [9.17, 15) is 19.2 Å². The molecule has 113 heavy (non-hydrogen) atoms. The predicted molar refractivity (Wildman–Crippen MR) is 449 cm³/mol. The number of rotatable bonds is 63. The molecule has 19 N–H and O–H groups in total. The van der Waals surface area contributed by atoms with Crippen LogP contribution in [-0.2, 0) is 32.3 Å². The first kappa shape index (κ1) is 110. The smallest absolute Gasteiger partial charge is 0.246 e. The maximum Gasteiger partial charge on any atom is 0.246 e. The van der Waals surface area contributed by atoms with Crippen molar-refractivity contribution in [3.8, 4) is 5.75 Å². The summed E-state index contributed by atoms with van der Waals surface area (Å²) >= 11 is 0. The van der Waals surface area contributed by atoms with Crippen molar-refractivity contribution in [3.63, 3.8) is 0 Å². The second-order valence-electron chi connectivity index (χ2n) is 25.4. The number of carbonyl (C=O) groups excluding carboxylic acids is 4. The Balaban J connectivity index is -0.00000130. The molecule has 0 fully saturated rings. The molecule has 0 saturated carbocycles. The third-order valence-corrected chi connectivity index (χ3v) is 16.4. The van der Waals surface area contributed by atoms with Gasteiger partial charge < -0.3 is 103 Å². The molecule has 31 heteroatoms. The van der Waals surface area contributed by atoms with Crippen LogP contribution in [0.15, 0.2) is 129 Å².